The molecule has 0 saturated carbocycles. The minimum Gasteiger partial charge on any atom is -0.372 e. The number of halogens is 1. The molecule has 3 N–H and O–H groups in total. The smallest absolute Gasteiger partial charge is 0.153 e. The van der Waals surface area contributed by atoms with Crippen molar-refractivity contribution in [3.63, 3.8) is 0 Å². The molecule has 0 aromatic carbocycles. The van der Waals surface area contributed by atoms with Gasteiger partial charge < -0.3 is 10.6 Å². The third-order valence-corrected chi connectivity index (χ3v) is 1.54. The molecule has 72 valence electrons. The Hall–Kier alpha value is -1.36. The first kappa shape index (κ1) is 9.73. The molecule has 13 heavy (non-hydrogen) atoms. The summed E-state index contributed by atoms with van der Waals surface area (Å²) in [6.45, 7) is 4.26. The molecule has 5 nitrogen and oxygen atoms in total. The minimum atomic E-state index is 0.667. The lowest BCUT2D eigenvalue weighted by atomic mass is 10.4. The Morgan fingerprint density at radius 3 is 3.23 bits per heavy atom. The number of hydrazone groups is 1. The molecule has 1 aliphatic heterocycles. The van der Waals surface area contributed by atoms with Crippen LogP contribution in [0.25, 0.3) is 0 Å². The molecule has 0 aromatic rings. The van der Waals surface area contributed by atoms with E-state index in [0.717, 1.165) is 10.5 Å². The lowest BCUT2D eigenvalue weighted by molar-refractivity contribution is 0.375. The summed E-state index contributed by atoms with van der Waals surface area (Å²) in [7, 11) is 1.77. The Morgan fingerprint density at radius 1 is 1.85 bits per heavy atom. The van der Waals surface area contributed by atoms with Gasteiger partial charge in [0.15, 0.2) is 5.84 Å². The van der Waals surface area contributed by atoms with Crippen molar-refractivity contribution < 1.29 is 0 Å². The highest BCUT2D eigenvalue weighted by atomic mass is 35.5. The van der Waals surface area contributed by atoms with Gasteiger partial charge in [0.1, 0.15) is 5.82 Å². The van der Waals surface area contributed by atoms with Crippen LogP contribution in [0.3, 0.4) is 0 Å². The molecule has 0 aromatic heterocycles. The van der Waals surface area contributed by atoms with Crippen molar-refractivity contribution in [2.24, 2.45) is 5.10 Å². The first-order valence-electron chi connectivity index (χ1n) is 3.81. The van der Waals surface area contributed by atoms with Gasteiger partial charge in [0.05, 0.1) is 11.8 Å². The van der Waals surface area contributed by atoms with Gasteiger partial charge in [0.2, 0.25) is 0 Å². The molecule has 0 bridgehead atoms. The van der Waals surface area contributed by atoms with Crippen LogP contribution in [0.1, 0.15) is 0 Å². The molecular weight excluding hydrogens is 190 g/mol. The van der Waals surface area contributed by atoms with E-state index < -0.39 is 0 Å². The Kier molecular flexibility index (Phi) is 3.45. The predicted molar refractivity (Wildman–Crippen MR) is 53.6 cm³/mol. The molecule has 0 unspecified atom stereocenters. The highest BCUT2D eigenvalue weighted by Gasteiger charge is 2.08. The Labute approximate surface area is 82.2 Å². The molecule has 1 rings (SSSR count). The van der Waals surface area contributed by atoms with Crippen LogP contribution < -0.4 is 16.1 Å². The molecule has 0 radical (unpaired) electrons. The number of nitrogens with zero attached hydrogens (tertiary/aromatic N) is 2. The van der Waals surface area contributed by atoms with Gasteiger partial charge in [-0.05, 0) is 0 Å². The second-order valence-corrected chi connectivity index (χ2v) is 2.65. The maximum Gasteiger partial charge on any atom is 0.153 e. The normalized spacial score (nSPS) is 15.4. The molecule has 6 heteroatoms. The van der Waals surface area contributed by atoms with Crippen molar-refractivity contribution in [1.82, 2.24) is 20.7 Å². The van der Waals surface area contributed by atoms with Crippen molar-refractivity contribution >= 4 is 17.6 Å². The summed E-state index contributed by atoms with van der Waals surface area (Å²) in [5.41, 5.74) is 2.79. The summed E-state index contributed by atoms with van der Waals surface area (Å²) in [6, 6.07) is 0. The number of likely N-dealkylation sites (N-methyl/N-ethyl adjacent to an activating group) is 1. The van der Waals surface area contributed by atoms with Crippen molar-refractivity contribution in [2.75, 3.05) is 13.6 Å². The zero-order valence-electron chi connectivity index (χ0n) is 7.34. The molecule has 0 atom stereocenters. The summed E-state index contributed by atoms with van der Waals surface area (Å²) < 4.78 is 1.11. The highest BCUT2D eigenvalue weighted by molar-refractivity contribution is 6.14. The molecule has 0 saturated heterocycles. The van der Waals surface area contributed by atoms with E-state index in [4.69, 9.17) is 11.8 Å². The van der Waals surface area contributed by atoms with Crippen LogP contribution in [0, 0.1) is 0 Å². The fraction of sp³-hybridized carbons (Fsp3) is 0.286. The SMILES string of the molecule is C=CCNC1=CC(NC)=NN(Cl)N1. The van der Waals surface area contributed by atoms with Crippen LogP contribution in [-0.2, 0) is 0 Å². The second-order valence-electron chi connectivity index (χ2n) is 2.33. The molecular formula is C7H12ClN5. The number of hydrogen-bond acceptors (Lipinski definition) is 5. The molecule has 0 amide bonds. The Balaban J connectivity index is 2.59. The van der Waals surface area contributed by atoms with Gasteiger partial charge in [-0.3, -0.25) is 5.43 Å². The standard InChI is InChI=1S/C7H12ClN5/c1-3-4-10-7-5-6(9-2)11-13(8)12-7/h3,5,10,12H,1,4H2,2H3,(H,9,11). The van der Waals surface area contributed by atoms with Crippen molar-refractivity contribution in [2.45, 2.75) is 0 Å². The van der Waals surface area contributed by atoms with Crippen LogP contribution in [-0.4, -0.2) is 24.1 Å². The van der Waals surface area contributed by atoms with E-state index in [0.29, 0.717) is 12.4 Å². The Bertz CT molecular complexity index is 247. The zero-order valence-corrected chi connectivity index (χ0v) is 8.10. The number of nitrogens with one attached hydrogen (secondary N) is 3. The first-order chi connectivity index (χ1) is 6.26. The quantitative estimate of drug-likeness (QED) is 0.448. The van der Waals surface area contributed by atoms with Gasteiger partial charge in [-0.2, -0.15) is 0 Å². The average Bonchev–Trinajstić information content (AvgIpc) is 2.14. The molecule has 0 spiro atoms. The van der Waals surface area contributed by atoms with Crippen LogP contribution in [0.5, 0.6) is 0 Å². The van der Waals surface area contributed by atoms with Crippen LogP contribution >= 0.6 is 11.8 Å². The monoisotopic (exact) mass is 201 g/mol. The Morgan fingerprint density at radius 2 is 2.62 bits per heavy atom. The number of amidine groups is 1. The van der Waals surface area contributed by atoms with E-state index in [2.05, 4.69) is 27.7 Å². The van der Waals surface area contributed by atoms with Gasteiger partial charge in [-0.1, -0.05) is 6.08 Å². The van der Waals surface area contributed by atoms with E-state index in [1.165, 1.54) is 0 Å². The van der Waals surface area contributed by atoms with E-state index >= 15 is 0 Å². The fourth-order valence-electron chi connectivity index (χ4n) is 0.812. The largest absolute Gasteiger partial charge is 0.372 e. The number of hydrogen-bond donors (Lipinski definition) is 3. The average molecular weight is 202 g/mol. The van der Waals surface area contributed by atoms with Crippen molar-refractivity contribution in [1.29, 1.82) is 0 Å². The maximum atomic E-state index is 5.65. The van der Waals surface area contributed by atoms with E-state index in [1.807, 2.05) is 6.08 Å². The van der Waals surface area contributed by atoms with Crippen LogP contribution in [0.4, 0.5) is 0 Å². The van der Waals surface area contributed by atoms with Gasteiger partial charge in [0.25, 0.3) is 0 Å². The third-order valence-electron chi connectivity index (χ3n) is 1.38. The van der Waals surface area contributed by atoms with E-state index in [9.17, 15) is 0 Å². The predicted octanol–water partition coefficient (Wildman–Crippen LogP) is 0.110. The summed E-state index contributed by atoms with van der Waals surface area (Å²) >= 11 is 5.65. The summed E-state index contributed by atoms with van der Waals surface area (Å²) in [4.78, 5) is 0. The topological polar surface area (TPSA) is 51.7 Å². The van der Waals surface area contributed by atoms with Gasteiger partial charge in [0, 0.05) is 19.7 Å². The molecule has 1 heterocycles. The number of rotatable bonds is 3. The maximum absolute atomic E-state index is 5.65. The number of hydrazine groups is 1. The van der Waals surface area contributed by atoms with Gasteiger partial charge in [-0.25, -0.2) is 0 Å². The third kappa shape index (κ3) is 2.87. The summed E-state index contributed by atoms with van der Waals surface area (Å²) in [6.07, 6.45) is 3.56. The molecule has 0 aliphatic carbocycles. The van der Waals surface area contributed by atoms with E-state index in [1.54, 1.807) is 13.1 Å². The van der Waals surface area contributed by atoms with Crippen LogP contribution in [0.15, 0.2) is 29.7 Å². The highest BCUT2D eigenvalue weighted by Crippen LogP contribution is 2.00. The van der Waals surface area contributed by atoms with Crippen molar-refractivity contribution in [3.05, 3.63) is 24.6 Å². The second kappa shape index (κ2) is 4.61. The lowest BCUT2D eigenvalue weighted by Gasteiger charge is -2.21. The van der Waals surface area contributed by atoms with Crippen molar-refractivity contribution in [3.8, 4) is 0 Å². The summed E-state index contributed by atoms with van der Waals surface area (Å²) in [5, 5.41) is 9.84. The lowest BCUT2D eigenvalue weighted by Crippen LogP contribution is -2.39. The fourth-order valence-corrected chi connectivity index (χ4v) is 0.984. The van der Waals surface area contributed by atoms with E-state index in [-0.39, 0.29) is 0 Å². The van der Waals surface area contributed by atoms with Gasteiger partial charge >= 0.3 is 0 Å². The summed E-state index contributed by atoms with van der Waals surface area (Å²) in [5.74, 6) is 1.45. The minimum absolute atomic E-state index is 0.667. The molecule has 1 aliphatic rings. The van der Waals surface area contributed by atoms with Gasteiger partial charge in [-0.15, -0.1) is 16.3 Å². The molecule has 0 fully saturated rings. The van der Waals surface area contributed by atoms with Crippen LogP contribution in [0.2, 0.25) is 0 Å². The zero-order chi connectivity index (χ0) is 9.68. The first-order valence-corrected chi connectivity index (χ1v) is 4.15.